The van der Waals surface area contributed by atoms with Gasteiger partial charge in [-0.1, -0.05) is 11.3 Å². The van der Waals surface area contributed by atoms with Gasteiger partial charge in [-0.2, -0.15) is 10.2 Å². The minimum absolute atomic E-state index is 0.00789. The zero-order chi connectivity index (χ0) is 16.1. The molecule has 3 aromatic rings. The lowest BCUT2D eigenvalue weighted by Gasteiger charge is -2.27. The lowest BCUT2D eigenvalue weighted by molar-refractivity contribution is 0.274. The van der Waals surface area contributed by atoms with Crippen molar-refractivity contribution in [1.82, 2.24) is 24.5 Å². The molecule has 0 spiro atoms. The van der Waals surface area contributed by atoms with E-state index in [9.17, 15) is 5.11 Å². The topological polar surface area (TPSA) is 72.0 Å². The monoisotopic (exact) mass is 332 g/mol. The fourth-order valence-corrected chi connectivity index (χ4v) is 4.38. The number of fused-ring (bicyclic) bond motifs is 2. The second kappa shape index (κ2) is 5.31. The van der Waals surface area contributed by atoms with E-state index in [1.165, 1.54) is 5.69 Å². The van der Waals surface area contributed by atoms with Gasteiger partial charge in [-0.05, 0) is 13.8 Å². The summed E-state index contributed by atoms with van der Waals surface area (Å²) >= 11 is 1.69. The first-order valence-corrected chi connectivity index (χ1v) is 8.67. The van der Waals surface area contributed by atoms with E-state index >= 15 is 0 Å². The third-order valence-electron chi connectivity index (χ3n) is 4.47. The van der Waals surface area contributed by atoms with Crippen molar-refractivity contribution < 1.29 is 5.11 Å². The smallest absolute Gasteiger partial charge is 0.188 e. The summed E-state index contributed by atoms with van der Waals surface area (Å²) in [6.45, 7) is 6.63. The van der Waals surface area contributed by atoms with Crippen molar-refractivity contribution in [3.8, 4) is 0 Å². The van der Waals surface area contributed by atoms with Gasteiger partial charge in [0.15, 0.2) is 10.8 Å². The van der Waals surface area contributed by atoms with Gasteiger partial charge in [0.25, 0.3) is 0 Å². The first-order valence-electron chi connectivity index (χ1n) is 7.85. The van der Waals surface area contributed by atoms with Gasteiger partial charge < -0.3 is 10.0 Å². The molecular weight excluding hydrogens is 312 g/mol. The van der Waals surface area contributed by atoms with Crippen molar-refractivity contribution in [2.24, 2.45) is 7.05 Å². The number of hydrogen-bond donors (Lipinski definition) is 1. The number of hydrogen-bond acceptors (Lipinski definition) is 6. The number of aromatic nitrogens is 5. The van der Waals surface area contributed by atoms with Crippen LogP contribution in [0.3, 0.4) is 0 Å². The molecule has 0 unspecified atom stereocenters. The molecule has 3 aromatic heterocycles. The van der Waals surface area contributed by atoms with E-state index in [2.05, 4.69) is 22.0 Å². The van der Waals surface area contributed by atoms with Crippen LogP contribution in [0.2, 0.25) is 0 Å². The van der Waals surface area contributed by atoms with E-state index < -0.39 is 0 Å². The van der Waals surface area contributed by atoms with E-state index in [-0.39, 0.29) is 6.61 Å². The summed E-state index contributed by atoms with van der Waals surface area (Å²) in [5, 5.41) is 19.6. The Bertz CT molecular complexity index is 842. The molecule has 4 rings (SSSR count). The van der Waals surface area contributed by atoms with Gasteiger partial charge in [0.1, 0.15) is 0 Å². The Kier molecular flexibility index (Phi) is 3.38. The Hall–Kier alpha value is -1.93. The highest BCUT2D eigenvalue weighted by Gasteiger charge is 2.26. The summed E-state index contributed by atoms with van der Waals surface area (Å²) < 4.78 is 5.01. The van der Waals surface area contributed by atoms with E-state index in [0.29, 0.717) is 0 Å². The Morgan fingerprint density at radius 3 is 2.83 bits per heavy atom. The molecule has 0 aromatic carbocycles. The Balaban J connectivity index is 1.71. The van der Waals surface area contributed by atoms with Crippen LogP contribution in [-0.4, -0.2) is 36.2 Å². The molecule has 0 saturated heterocycles. The van der Waals surface area contributed by atoms with Crippen LogP contribution in [0.15, 0.2) is 0 Å². The summed E-state index contributed by atoms with van der Waals surface area (Å²) in [5.74, 6) is 0. The molecule has 0 amide bonds. The number of thiazole rings is 1. The van der Waals surface area contributed by atoms with Crippen LogP contribution < -0.4 is 4.90 Å². The number of rotatable bonds is 3. The molecule has 0 atom stereocenters. The average Bonchev–Trinajstić information content (AvgIpc) is 3.21. The minimum atomic E-state index is -0.00789. The van der Waals surface area contributed by atoms with Gasteiger partial charge in [-0.15, -0.1) is 0 Å². The SMILES string of the molecule is CCn1nc(CO)c2c1CCN(c1nc3c(s1)c(C)nn3C)C2. The van der Waals surface area contributed by atoms with E-state index in [0.717, 1.165) is 58.5 Å². The maximum absolute atomic E-state index is 9.59. The van der Waals surface area contributed by atoms with Crippen LogP contribution in [-0.2, 0) is 33.2 Å². The second-order valence-electron chi connectivity index (χ2n) is 5.88. The standard InChI is InChI=1S/C15H20N6OS/c1-4-21-12-5-6-20(7-10(12)11(8-22)18-21)15-16-14-13(23-15)9(2)17-19(14)3/h22H,4-8H2,1-3H3. The average molecular weight is 332 g/mol. The van der Waals surface area contributed by atoms with Crippen molar-refractivity contribution in [3.63, 3.8) is 0 Å². The molecule has 1 aliphatic heterocycles. The van der Waals surface area contributed by atoms with Crippen LogP contribution >= 0.6 is 11.3 Å². The van der Waals surface area contributed by atoms with Crippen LogP contribution in [0.1, 0.15) is 29.6 Å². The fourth-order valence-electron chi connectivity index (χ4n) is 3.32. The zero-order valence-electron chi connectivity index (χ0n) is 13.6. The number of aliphatic hydroxyl groups excluding tert-OH is 1. The Morgan fingerprint density at radius 1 is 1.30 bits per heavy atom. The second-order valence-corrected chi connectivity index (χ2v) is 6.85. The molecule has 7 nitrogen and oxygen atoms in total. The quantitative estimate of drug-likeness (QED) is 0.789. The van der Waals surface area contributed by atoms with Crippen molar-refractivity contribution in [3.05, 3.63) is 22.6 Å². The van der Waals surface area contributed by atoms with E-state index in [4.69, 9.17) is 4.98 Å². The first-order chi connectivity index (χ1) is 11.1. The molecule has 0 saturated carbocycles. The number of aryl methyl sites for hydroxylation is 3. The molecule has 0 fully saturated rings. The van der Waals surface area contributed by atoms with E-state index in [1.807, 2.05) is 23.3 Å². The molecule has 0 aliphatic carbocycles. The molecule has 1 N–H and O–H groups in total. The van der Waals surface area contributed by atoms with Crippen LogP contribution in [0.4, 0.5) is 5.13 Å². The third-order valence-corrected chi connectivity index (χ3v) is 5.68. The van der Waals surface area contributed by atoms with Crippen molar-refractivity contribution in [2.75, 3.05) is 11.4 Å². The van der Waals surface area contributed by atoms with E-state index in [1.54, 1.807) is 11.3 Å². The highest BCUT2D eigenvalue weighted by molar-refractivity contribution is 7.22. The number of aliphatic hydroxyl groups is 1. The van der Waals surface area contributed by atoms with Crippen LogP contribution in [0.5, 0.6) is 0 Å². The summed E-state index contributed by atoms with van der Waals surface area (Å²) in [6, 6.07) is 0. The largest absolute Gasteiger partial charge is 0.390 e. The Labute approximate surface area is 138 Å². The number of anilines is 1. The van der Waals surface area contributed by atoms with Gasteiger partial charge in [-0.25, -0.2) is 9.67 Å². The van der Waals surface area contributed by atoms with Gasteiger partial charge in [0, 0.05) is 44.4 Å². The molecular formula is C15H20N6OS. The molecule has 8 heteroatoms. The lowest BCUT2D eigenvalue weighted by Crippen LogP contribution is -2.31. The molecule has 1 aliphatic rings. The highest BCUT2D eigenvalue weighted by Crippen LogP contribution is 2.34. The summed E-state index contributed by atoms with van der Waals surface area (Å²) in [4.78, 5) is 7.05. The molecule has 122 valence electrons. The van der Waals surface area contributed by atoms with Crippen molar-refractivity contribution in [2.45, 2.75) is 40.0 Å². The van der Waals surface area contributed by atoms with Crippen LogP contribution in [0.25, 0.3) is 10.3 Å². The summed E-state index contributed by atoms with van der Waals surface area (Å²) in [7, 11) is 1.93. The predicted molar refractivity (Wildman–Crippen MR) is 89.7 cm³/mol. The summed E-state index contributed by atoms with van der Waals surface area (Å²) in [5.41, 5.74) is 5.19. The molecule has 0 radical (unpaired) electrons. The Morgan fingerprint density at radius 2 is 2.13 bits per heavy atom. The highest BCUT2D eigenvalue weighted by atomic mass is 32.1. The van der Waals surface area contributed by atoms with Gasteiger partial charge in [-0.3, -0.25) is 4.68 Å². The van der Waals surface area contributed by atoms with Crippen molar-refractivity contribution >= 4 is 26.8 Å². The number of nitrogens with zero attached hydrogens (tertiary/aromatic N) is 6. The molecule has 0 bridgehead atoms. The lowest BCUT2D eigenvalue weighted by atomic mass is 10.1. The van der Waals surface area contributed by atoms with Crippen LogP contribution in [0, 0.1) is 6.92 Å². The maximum atomic E-state index is 9.59. The van der Waals surface area contributed by atoms with Gasteiger partial charge >= 0.3 is 0 Å². The molecule has 23 heavy (non-hydrogen) atoms. The maximum Gasteiger partial charge on any atom is 0.188 e. The van der Waals surface area contributed by atoms with Gasteiger partial charge in [0.05, 0.1) is 22.7 Å². The fraction of sp³-hybridized carbons (Fsp3) is 0.533. The summed E-state index contributed by atoms with van der Waals surface area (Å²) in [6.07, 6.45) is 0.934. The van der Waals surface area contributed by atoms with Crippen molar-refractivity contribution in [1.29, 1.82) is 0 Å². The zero-order valence-corrected chi connectivity index (χ0v) is 14.4. The molecule has 4 heterocycles. The van der Waals surface area contributed by atoms with Gasteiger partial charge in [0.2, 0.25) is 0 Å². The predicted octanol–water partition coefficient (Wildman–Crippen LogP) is 1.61. The third kappa shape index (κ3) is 2.16. The minimum Gasteiger partial charge on any atom is -0.390 e. The normalized spacial score (nSPS) is 14.7. The first kappa shape index (κ1) is 14.6.